The highest BCUT2D eigenvalue weighted by atomic mass is 35.5. The Hall–Kier alpha value is -2.55. The van der Waals surface area contributed by atoms with Crippen molar-refractivity contribution in [2.24, 2.45) is 0 Å². The molecule has 0 bridgehead atoms. The van der Waals surface area contributed by atoms with E-state index in [4.69, 9.17) is 11.6 Å². The summed E-state index contributed by atoms with van der Waals surface area (Å²) in [5.74, 6) is -0.670. The molecule has 156 valence electrons. The molecule has 0 radical (unpaired) electrons. The van der Waals surface area contributed by atoms with Gasteiger partial charge in [0, 0.05) is 21.3 Å². The number of benzene rings is 3. The summed E-state index contributed by atoms with van der Waals surface area (Å²) in [6, 6.07) is 18.0. The quantitative estimate of drug-likeness (QED) is 0.459. The predicted octanol–water partition coefficient (Wildman–Crippen LogP) is 5.40. The molecule has 30 heavy (non-hydrogen) atoms. The lowest BCUT2D eigenvalue weighted by atomic mass is 10.3. The van der Waals surface area contributed by atoms with E-state index in [1.54, 1.807) is 19.1 Å². The summed E-state index contributed by atoms with van der Waals surface area (Å²) >= 11 is 7.25. The predicted molar refractivity (Wildman–Crippen MR) is 119 cm³/mol. The fourth-order valence-corrected chi connectivity index (χ4v) is 4.52. The van der Waals surface area contributed by atoms with Crippen LogP contribution in [0.5, 0.6) is 0 Å². The second kappa shape index (κ2) is 9.51. The standard InChI is InChI=1S/C21H18ClFN2O3S2/c1-14(29-19-10-2-15(22)3-11-19)21(26)24-17-8-12-20(13-9-17)30(27,28)25-18-6-4-16(23)5-7-18/h2-14,25H,1H3,(H,24,26)/t14-/m0/s1. The van der Waals surface area contributed by atoms with Crippen molar-refractivity contribution in [2.75, 3.05) is 10.0 Å². The largest absolute Gasteiger partial charge is 0.325 e. The molecular formula is C21H18ClFN2O3S2. The van der Waals surface area contributed by atoms with E-state index in [-0.39, 0.29) is 21.7 Å². The number of rotatable bonds is 7. The molecule has 0 saturated carbocycles. The minimum absolute atomic E-state index is 0.0217. The van der Waals surface area contributed by atoms with Crippen LogP contribution in [0.15, 0.2) is 82.6 Å². The first-order valence-corrected chi connectivity index (χ1v) is 11.6. The van der Waals surface area contributed by atoms with E-state index in [0.717, 1.165) is 4.90 Å². The van der Waals surface area contributed by atoms with E-state index in [1.807, 2.05) is 12.1 Å². The number of nitrogens with one attached hydrogen (secondary N) is 2. The molecule has 0 aliphatic heterocycles. The minimum Gasteiger partial charge on any atom is -0.325 e. The lowest BCUT2D eigenvalue weighted by Gasteiger charge is -2.13. The van der Waals surface area contributed by atoms with Gasteiger partial charge in [0.05, 0.1) is 10.1 Å². The Kier molecular flexibility index (Phi) is 7.02. The lowest BCUT2D eigenvalue weighted by molar-refractivity contribution is -0.115. The lowest BCUT2D eigenvalue weighted by Crippen LogP contribution is -2.22. The Morgan fingerprint density at radius 2 is 1.50 bits per heavy atom. The van der Waals surface area contributed by atoms with E-state index >= 15 is 0 Å². The van der Waals surface area contributed by atoms with Crippen LogP contribution in [0.4, 0.5) is 15.8 Å². The van der Waals surface area contributed by atoms with E-state index in [1.165, 1.54) is 60.3 Å². The van der Waals surface area contributed by atoms with E-state index in [0.29, 0.717) is 10.7 Å². The number of sulfonamides is 1. The normalized spacial score (nSPS) is 12.2. The minimum atomic E-state index is -3.83. The third-order valence-corrected chi connectivity index (χ3v) is 6.79. The first-order valence-electron chi connectivity index (χ1n) is 8.84. The van der Waals surface area contributed by atoms with Crippen LogP contribution in [0.25, 0.3) is 0 Å². The van der Waals surface area contributed by atoms with Crippen molar-refractivity contribution in [2.45, 2.75) is 22.0 Å². The van der Waals surface area contributed by atoms with Crippen molar-refractivity contribution < 1.29 is 17.6 Å². The first-order chi connectivity index (χ1) is 14.2. The first kappa shape index (κ1) is 22.1. The van der Waals surface area contributed by atoms with Crippen LogP contribution in [0.3, 0.4) is 0 Å². The molecule has 5 nitrogen and oxygen atoms in total. The third kappa shape index (κ3) is 5.98. The monoisotopic (exact) mass is 464 g/mol. The van der Waals surface area contributed by atoms with E-state index in [2.05, 4.69) is 10.0 Å². The zero-order valence-electron chi connectivity index (χ0n) is 15.8. The number of carbonyl (C=O) groups is 1. The van der Waals surface area contributed by atoms with Crippen LogP contribution >= 0.6 is 23.4 Å². The smallest absolute Gasteiger partial charge is 0.261 e. The van der Waals surface area contributed by atoms with E-state index in [9.17, 15) is 17.6 Å². The molecule has 3 aromatic carbocycles. The molecule has 3 aromatic rings. The number of anilines is 2. The fourth-order valence-electron chi connectivity index (χ4n) is 2.46. The summed E-state index contributed by atoms with van der Waals surface area (Å²) < 4.78 is 40.2. The van der Waals surface area contributed by atoms with Crippen molar-refractivity contribution in [1.82, 2.24) is 0 Å². The van der Waals surface area contributed by atoms with Gasteiger partial charge in [0.15, 0.2) is 0 Å². The van der Waals surface area contributed by atoms with Crippen molar-refractivity contribution in [3.05, 3.63) is 83.6 Å². The molecule has 0 unspecified atom stereocenters. The van der Waals surface area contributed by atoms with Crippen molar-refractivity contribution >= 4 is 50.7 Å². The van der Waals surface area contributed by atoms with Gasteiger partial charge in [-0.25, -0.2) is 12.8 Å². The number of thioether (sulfide) groups is 1. The number of halogens is 2. The highest BCUT2D eigenvalue weighted by Gasteiger charge is 2.17. The molecule has 0 fully saturated rings. The zero-order chi connectivity index (χ0) is 21.7. The van der Waals surface area contributed by atoms with Crippen LogP contribution in [-0.4, -0.2) is 19.6 Å². The van der Waals surface area contributed by atoms with Gasteiger partial charge in [0.2, 0.25) is 5.91 Å². The van der Waals surface area contributed by atoms with Gasteiger partial charge in [-0.05, 0) is 79.7 Å². The van der Waals surface area contributed by atoms with Gasteiger partial charge in [-0.15, -0.1) is 11.8 Å². The molecule has 0 aromatic heterocycles. The number of hydrogen-bond donors (Lipinski definition) is 2. The SMILES string of the molecule is C[C@H](Sc1ccc(Cl)cc1)C(=O)Nc1ccc(S(=O)(=O)Nc2ccc(F)cc2)cc1. The topological polar surface area (TPSA) is 75.3 Å². The van der Waals surface area contributed by atoms with E-state index < -0.39 is 15.8 Å². The van der Waals surface area contributed by atoms with Crippen LogP contribution in [0, 0.1) is 5.82 Å². The number of carbonyl (C=O) groups excluding carboxylic acids is 1. The van der Waals surface area contributed by atoms with Crippen LogP contribution in [0.1, 0.15) is 6.92 Å². The molecule has 0 saturated heterocycles. The van der Waals surface area contributed by atoms with Crippen molar-refractivity contribution in [1.29, 1.82) is 0 Å². The Morgan fingerprint density at radius 3 is 2.10 bits per heavy atom. The second-order valence-electron chi connectivity index (χ2n) is 6.34. The van der Waals surface area contributed by atoms with Gasteiger partial charge in [0.25, 0.3) is 10.0 Å². The van der Waals surface area contributed by atoms with Crippen molar-refractivity contribution in [3.63, 3.8) is 0 Å². The fraction of sp³-hybridized carbons (Fsp3) is 0.0952. The molecule has 9 heteroatoms. The average Bonchev–Trinajstić information content (AvgIpc) is 2.71. The van der Waals surface area contributed by atoms with Gasteiger partial charge in [0.1, 0.15) is 5.82 Å². The van der Waals surface area contributed by atoms with Gasteiger partial charge in [-0.3, -0.25) is 9.52 Å². The van der Waals surface area contributed by atoms with Gasteiger partial charge in [-0.1, -0.05) is 11.6 Å². The molecule has 1 atom stereocenters. The summed E-state index contributed by atoms with van der Waals surface area (Å²) in [5.41, 5.74) is 0.728. The van der Waals surface area contributed by atoms with Gasteiger partial charge in [-0.2, -0.15) is 0 Å². The Morgan fingerprint density at radius 1 is 0.933 bits per heavy atom. The van der Waals surface area contributed by atoms with Crippen LogP contribution in [-0.2, 0) is 14.8 Å². The zero-order valence-corrected chi connectivity index (χ0v) is 18.2. The van der Waals surface area contributed by atoms with Gasteiger partial charge < -0.3 is 5.32 Å². The molecule has 0 aliphatic rings. The Labute approximate surface area is 183 Å². The molecule has 0 spiro atoms. The average molecular weight is 465 g/mol. The maximum absolute atomic E-state index is 13.0. The molecule has 1 amide bonds. The van der Waals surface area contributed by atoms with Crippen LogP contribution in [0.2, 0.25) is 5.02 Å². The Balaban J connectivity index is 1.62. The highest BCUT2D eigenvalue weighted by molar-refractivity contribution is 8.00. The van der Waals surface area contributed by atoms with Gasteiger partial charge >= 0.3 is 0 Å². The summed E-state index contributed by atoms with van der Waals surface area (Å²) in [6.07, 6.45) is 0. The summed E-state index contributed by atoms with van der Waals surface area (Å²) in [4.78, 5) is 13.3. The summed E-state index contributed by atoms with van der Waals surface area (Å²) in [7, 11) is -3.83. The van der Waals surface area contributed by atoms with Crippen molar-refractivity contribution in [3.8, 4) is 0 Å². The van der Waals surface area contributed by atoms with Crippen LogP contribution < -0.4 is 10.0 Å². The summed E-state index contributed by atoms with van der Waals surface area (Å²) in [5, 5.41) is 3.02. The molecule has 3 rings (SSSR count). The third-order valence-electron chi connectivity index (χ3n) is 4.02. The highest BCUT2D eigenvalue weighted by Crippen LogP contribution is 2.26. The molecule has 0 aliphatic carbocycles. The summed E-state index contributed by atoms with van der Waals surface area (Å²) in [6.45, 7) is 1.78. The Bertz CT molecular complexity index is 1120. The number of amides is 1. The maximum Gasteiger partial charge on any atom is 0.261 e. The second-order valence-corrected chi connectivity index (χ2v) is 9.87. The molecular weight excluding hydrogens is 447 g/mol. The number of hydrogen-bond acceptors (Lipinski definition) is 4. The molecule has 0 heterocycles. The molecule has 2 N–H and O–H groups in total. The maximum atomic E-state index is 13.0.